The van der Waals surface area contributed by atoms with Gasteiger partial charge in [0.2, 0.25) is 0 Å². The summed E-state index contributed by atoms with van der Waals surface area (Å²) in [6.07, 6.45) is 6.22. The molecule has 0 amide bonds. The monoisotopic (exact) mass is 369 g/mol. The van der Waals surface area contributed by atoms with E-state index in [1.807, 2.05) is 36.7 Å². The zero-order valence-electron chi connectivity index (χ0n) is 16.0. The van der Waals surface area contributed by atoms with Crippen molar-refractivity contribution in [3.05, 3.63) is 72.8 Å². The Labute approximate surface area is 164 Å². The van der Waals surface area contributed by atoms with Crippen molar-refractivity contribution in [2.45, 2.75) is 18.8 Å². The molecule has 0 radical (unpaired) electrons. The van der Waals surface area contributed by atoms with E-state index in [1.165, 1.54) is 0 Å². The zero-order chi connectivity index (χ0) is 18.9. The highest BCUT2D eigenvalue weighted by Gasteiger charge is 2.26. The summed E-state index contributed by atoms with van der Waals surface area (Å²) in [6, 6.07) is 18.5. The Morgan fingerprint density at radius 1 is 0.964 bits per heavy atom. The van der Waals surface area contributed by atoms with Crippen molar-refractivity contribution in [3.63, 3.8) is 0 Å². The summed E-state index contributed by atoms with van der Waals surface area (Å²) in [5.41, 5.74) is 2.04. The van der Waals surface area contributed by atoms with Crippen molar-refractivity contribution >= 4 is 16.7 Å². The third kappa shape index (κ3) is 3.03. The maximum absolute atomic E-state index is 5.02. The lowest BCUT2D eigenvalue weighted by molar-refractivity contribution is 0.479. The van der Waals surface area contributed by atoms with Crippen molar-refractivity contribution in [2.24, 2.45) is 7.05 Å². The summed E-state index contributed by atoms with van der Waals surface area (Å²) >= 11 is 0. The van der Waals surface area contributed by atoms with Crippen molar-refractivity contribution < 1.29 is 0 Å². The van der Waals surface area contributed by atoms with E-state index in [0.717, 1.165) is 59.9 Å². The van der Waals surface area contributed by atoms with Gasteiger partial charge in [0, 0.05) is 49.4 Å². The van der Waals surface area contributed by atoms with Gasteiger partial charge in [0.25, 0.3) is 0 Å². The summed E-state index contributed by atoms with van der Waals surface area (Å²) in [5, 5.41) is 1.11. The number of hydrogen-bond acceptors (Lipinski definition) is 4. The number of imidazole rings is 1. The molecule has 140 valence electrons. The number of aryl methyl sites for hydroxylation is 1. The van der Waals surface area contributed by atoms with Crippen LogP contribution < -0.4 is 4.90 Å². The molecule has 1 saturated heterocycles. The molecule has 4 aromatic rings. The van der Waals surface area contributed by atoms with Gasteiger partial charge < -0.3 is 9.47 Å². The topological polar surface area (TPSA) is 46.8 Å². The fourth-order valence-corrected chi connectivity index (χ4v) is 4.17. The molecule has 2 aromatic carbocycles. The van der Waals surface area contributed by atoms with E-state index >= 15 is 0 Å². The summed E-state index contributed by atoms with van der Waals surface area (Å²) in [4.78, 5) is 16.9. The molecule has 0 aliphatic carbocycles. The van der Waals surface area contributed by atoms with Crippen LogP contribution in [0.5, 0.6) is 0 Å². The molecular weight excluding hydrogens is 346 g/mol. The summed E-state index contributed by atoms with van der Waals surface area (Å²) in [7, 11) is 2.08. The molecule has 5 heteroatoms. The number of fused-ring (bicyclic) bond motifs is 1. The quantitative estimate of drug-likeness (QED) is 0.536. The number of nitrogens with zero attached hydrogens (tertiary/aromatic N) is 5. The minimum atomic E-state index is 0.419. The first-order chi connectivity index (χ1) is 13.8. The summed E-state index contributed by atoms with van der Waals surface area (Å²) < 4.78 is 2.14. The molecule has 1 fully saturated rings. The van der Waals surface area contributed by atoms with E-state index in [0.29, 0.717) is 5.92 Å². The van der Waals surface area contributed by atoms with E-state index in [1.54, 1.807) is 0 Å². The van der Waals surface area contributed by atoms with Crippen LogP contribution >= 0.6 is 0 Å². The van der Waals surface area contributed by atoms with Crippen LogP contribution in [0.3, 0.4) is 0 Å². The van der Waals surface area contributed by atoms with Gasteiger partial charge in [-0.1, -0.05) is 42.5 Å². The Hall–Kier alpha value is -3.21. The van der Waals surface area contributed by atoms with Crippen molar-refractivity contribution in [1.82, 2.24) is 19.5 Å². The van der Waals surface area contributed by atoms with Crippen LogP contribution in [-0.2, 0) is 7.05 Å². The van der Waals surface area contributed by atoms with Gasteiger partial charge in [-0.3, -0.25) is 0 Å². The van der Waals surface area contributed by atoms with E-state index in [9.17, 15) is 0 Å². The summed E-state index contributed by atoms with van der Waals surface area (Å²) in [5.74, 6) is 3.39. The van der Waals surface area contributed by atoms with Gasteiger partial charge in [0.05, 0.1) is 5.52 Å². The number of rotatable bonds is 3. The first-order valence-corrected chi connectivity index (χ1v) is 9.84. The van der Waals surface area contributed by atoms with Gasteiger partial charge in [-0.15, -0.1) is 0 Å². The molecule has 0 N–H and O–H groups in total. The van der Waals surface area contributed by atoms with Gasteiger partial charge in [-0.25, -0.2) is 15.0 Å². The molecular formula is C23H23N5. The van der Waals surface area contributed by atoms with Crippen molar-refractivity contribution in [2.75, 3.05) is 18.0 Å². The molecule has 3 heterocycles. The van der Waals surface area contributed by atoms with Crippen LogP contribution in [-0.4, -0.2) is 32.6 Å². The third-order valence-corrected chi connectivity index (χ3v) is 5.56. The van der Waals surface area contributed by atoms with Gasteiger partial charge in [0.15, 0.2) is 5.82 Å². The zero-order valence-corrected chi connectivity index (χ0v) is 16.0. The predicted octanol–water partition coefficient (Wildman–Crippen LogP) is 4.41. The van der Waals surface area contributed by atoms with E-state index in [2.05, 4.69) is 51.8 Å². The second-order valence-corrected chi connectivity index (χ2v) is 7.44. The molecule has 1 aliphatic rings. The molecule has 0 spiro atoms. The number of aromatic nitrogens is 4. The van der Waals surface area contributed by atoms with Crippen LogP contribution in [0.15, 0.2) is 67.0 Å². The minimum Gasteiger partial charge on any atom is -0.355 e. The van der Waals surface area contributed by atoms with Crippen LogP contribution in [0, 0.1) is 0 Å². The van der Waals surface area contributed by atoms with E-state index < -0.39 is 0 Å². The third-order valence-electron chi connectivity index (χ3n) is 5.56. The maximum Gasteiger partial charge on any atom is 0.162 e. The maximum atomic E-state index is 5.02. The highest BCUT2D eigenvalue weighted by molar-refractivity contribution is 5.91. The van der Waals surface area contributed by atoms with Crippen LogP contribution in [0.4, 0.5) is 5.82 Å². The predicted molar refractivity (Wildman–Crippen MR) is 112 cm³/mol. The highest BCUT2D eigenvalue weighted by Crippen LogP contribution is 2.33. The minimum absolute atomic E-state index is 0.419. The lowest BCUT2D eigenvalue weighted by atomic mass is 9.97. The van der Waals surface area contributed by atoms with Crippen LogP contribution in [0.2, 0.25) is 0 Å². The van der Waals surface area contributed by atoms with E-state index in [4.69, 9.17) is 9.97 Å². The molecule has 2 aromatic heterocycles. The molecule has 1 aliphatic heterocycles. The molecule has 5 rings (SSSR count). The van der Waals surface area contributed by atoms with E-state index in [-0.39, 0.29) is 0 Å². The second-order valence-electron chi connectivity index (χ2n) is 7.44. The Kier molecular flexibility index (Phi) is 4.28. The SMILES string of the molecule is Cn1ccnc1C1CCCN(c2nc(-c3ccccc3)nc3ccccc23)C1. The number of para-hydroxylation sites is 1. The van der Waals surface area contributed by atoms with Gasteiger partial charge in [-0.2, -0.15) is 0 Å². The smallest absolute Gasteiger partial charge is 0.162 e. The fraction of sp³-hybridized carbons (Fsp3) is 0.261. The average molecular weight is 369 g/mol. The molecule has 5 nitrogen and oxygen atoms in total. The largest absolute Gasteiger partial charge is 0.355 e. The van der Waals surface area contributed by atoms with Gasteiger partial charge in [0.1, 0.15) is 11.6 Å². The Morgan fingerprint density at radius 3 is 2.61 bits per heavy atom. The average Bonchev–Trinajstić information content (AvgIpc) is 3.19. The fourth-order valence-electron chi connectivity index (χ4n) is 4.17. The standard InChI is InChI=1S/C23H23N5/c1-27-15-13-24-22(27)18-10-7-14-28(16-18)23-19-11-5-6-12-20(19)25-21(26-23)17-8-3-2-4-9-17/h2-6,8-9,11-13,15,18H,7,10,14,16H2,1H3. The summed E-state index contributed by atoms with van der Waals surface area (Å²) in [6.45, 7) is 1.94. The first kappa shape index (κ1) is 16.9. The Balaban J connectivity index is 1.58. The van der Waals surface area contributed by atoms with Crippen molar-refractivity contribution in [1.29, 1.82) is 0 Å². The van der Waals surface area contributed by atoms with Gasteiger partial charge in [-0.05, 0) is 25.0 Å². The second kappa shape index (κ2) is 7.08. The Morgan fingerprint density at radius 2 is 1.79 bits per heavy atom. The van der Waals surface area contributed by atoms with Gasteiger partial charge >= 0.3 is 0 Å². The molecule has 0 bridgehead atoms. The number of hydrogen-bond donors (Lipinski definition) is 0. The first-order valence-electron chi connectivity index (χ1n) is 9.84. The normalized spacial score (nSPS) is 17.2. The van der Waals surface area contributed by atoms with Crippen LogP contribution in [0.1, 0.15) is 24.6 Å². The number of piperidine rings is 1. The highest BCUT2D eigenvalue weighted by atomic mass is 15.2. The Bertz CT molecular complexity index is 1100. The van der Waals surface area contributed by atoms with Crippen LogP contribution in [0.25, 0.3) is 22.3 Å². The van der Waals surface area contributed by atoms with Crippen molar-refractivity contribution in [3.8, 4) is 11.4 Å². The molecule has 0 saturated carbocycles. The lowest BCUT2D eigenvalue weighted by Gasteiger charge is -2.34. The lowest BCUT2D eigenvalue weighted by Crippen LogP contribution is -2.36. The number of benzene rings is 2. The molecule has 1 unspecified atom stereocenters. The molecule has 28 heavy (non-hydrogen) atoms. The number of anilines is 1. The molecule has 1 atom stereocenters.